The van der Waals surface area contributed by atoms with Crippen LogP contribution in [0, 0.1) is 5.82 Å². The lowest BCUT2D eigenvalue weighted by Gasteiger charge is -2.35. The zero-order valence-corrected chi connectivity index (χ0v) is 20.7. The van der Waals surface area contributed by atoms with Crippen molar-refractivity contribution in [2.75, 3.05) is 25.0 Å². The van der Waals surface area contributed by atoms with E-state index < -0.39 is 11.7 Å². The maximum atomic E-state index is 15.0. The third-order valence-electron chi connectivity index (χ3n) is 7.52. The maximum absolute atomic E-state index is 15.0. The number of halogens is 1. The predicted octanol–water partition coefficient (Wildman–Crippen LogP) is 4.03. The number of hydrogen-bond donors (Lipinski definition) is 1. The van der Waals surface area contributed by atoms with Crippen molar-refractivity contribution in [1.82, 2.24) is 29.5 Å². The fraction of sp³-hybridized carbons (Fsp3) is 0.444. The Hall–Kier alpha value is -3.82. The van der Waals surface area contributed by atoms with Crippen LogP contribution < -0.4 is 5.32 Å². The van der Waals surface area contributed by atoms with Crippen molar-refractivity contribution < 1.29 is 14.0 Å². The molecule has 1 fully saturated rings. The number of fused-ring (bicyclic) bond motifs is 2. The Balaban J connectivity index is 1.20. The molecule has 5 heterocycles. The minimum absolute atomic E-state index is 0.0253. The van der Waals surface area contributed by atoms with E-state index in [-0.39, 0.29) is 11.6 Å². The van der Waals surface area contributed by atoms with Crippen LogP contribution in [-0.2, 0) is 25.9 Å². The summed E-state index contributed by atoms with van der Waals surface area (Å²) in [5.41, 5.74) is 2.20. The molecule has 9 nitrogen and oxygen atoms in total. The van der Waals surface area contributed by atoms with Gasteiger partial charge < -0.3 is 19.7 Å². The molecule has 3 amide bonds. The number of aromatic nitrogens is 4. The van der Waals surface area contributed by atoms with E-state index in [0.717, 1.165) is 75.1 Å². The van der Waals surface area contributed by atoms with Gasteiger partial charge in [-0.2, -0.15) is 0 Å². The van der Waals surface area contributed by atoms with Crippen molar-refractivity contribution >= 4 is 17.8 Å². The number of urea groups is 1. The van der Waals surface area contributed by atoms with Gasteiger partial charge in [0, 0.05) is 39.1 Å². The average Bonchev–Trinajstić information content (AvgIpc) is 3.37. The van der Waals surface area contributed by atoms with Gasteiger partial charge in [-0.05, 0) is 73.9 Å². The number of pyridine rings is 1. The Kier molecular flexibility index (Phi) is 6.31. The normalized spacial score (nSPS) is 17.2. The first-order valence-electron chi connectivity index (χ1n) is 13.1. The molecule has 1 N–H and O–H groups in total. The quantitative estimate of drug-likeness (QED) is 0.582. The third kappa shape index (κ3) is 4.68. The number of nitrogens with one attached hydrogen (secondary N) is 1. The van der Waals surface area contributed by atoms with Crippen molar-refractivity contribution in [3.8, 4) is 11.5 Å². The number of rotatable bonds is 3. The van der Waals surface area contributed by atoms with Gasteiger partial charge >= 0.3 is 6.03 Å². The van der Waals surface area contributed by atoms with Gasteiger partial charge in [0.15, 0.2) is 5.82 Å². The zero-order valence-electron chi connectivity index (χ0n) is 20.7. The molecule has 3 aliphatic rings. The molecule has 1 saturated heterocycles. The molecule has 0 aliphatic carbocycles. The maximum Gasteiger partial charge on any atom is 0.320 e. The number of carbonyl (C=O) groups excluding carboxylic acids is 2. The van der Waals surface area contributed by atoms with Gasteiger partial charge in [0.1, 0.15) is 23.2 Å². The van der Waals surface area contributed by atoms with E-state index in [2.05, 4.69) is 25.1 Å². The van der Waals surface area contributed by atoms with Gasteiger partial charge in [0.2, 0.25) is 0 Å². The standard InChI is InChI=1S/C27H30FN7O2/c28-21-16-18-10-14-34(27(37)33-11-3-1-4-12-33)17-19(18)15-20(21)26(36)30-23-8-6-7-22(29-23)25-32-31-24-9-2-5-13-35(24)25/h6-8,15-16H,1-5,9-14,17H2,(H,29,30,36). The average molecular weight is 504 g/mol. The van der Waals surface area contributed by atoms with Crippen molar-refractivity contribution in [2.45, 2.75) is 58.0 Å². The Morgan fingerprint density at radius 2 is 1.70 bits per heavy atom. The highest BCUT2D eigenvalue weighted by Crippen LogP contribution is 2.26. The summed E-state index contributed by atoms with van der Waals surface area (Å²) in [6, 6.07) is 8.32. The lowest BCUT2D eigenvalue weighted by molar-refractivity contribution is 0.102. The van der Waals surface area contributed by atoms with Crippen LogP contribution in [0.4, 0.5) is 15.0 Å². The molecule has 37 heavy (non-hydrogen) atoms. The Morgan fingerprint density at radius 1 is 0.865 bits per heavy atom. The fourth-order valence-electron chi connectivity index (χ4n) is 5.51. The summed E-state index contributed by atoms with van der Waals surface area (Å²) in [6.45, 7) is 3.33. The van der Waals surface area contributed by atoms with Crippen molar-refractivity contribution in [3.63, 3.8) is 0 Å². The second-order valence-corrected chi connectivity index (χ2v) is 10.0. The largest absolute Gasteiger partial charge is 0.325 e. The molecule has 6 rings (SSSR count). The number of aryl methyl sites for hydroxylation is 1. The van der Waals surface area contributed by atoms with Gasteiger partial charge in [-0.1, -0.05) is 6.07 Å². The monoisotopic (exact) mass is 503 g/mol. The number of carbonyl (C=O) groups is 2. The van der Waals surface area contributed by atoms with E-state index in [1.807, 2.05) is 11.0 Å². The van der Waals surface area contributed by atoms with E-state index in [9.17, 15) is 14.0 Å². The zero-order chi connectivity index (χ0) is 25.4. The van der Waals surface area contributed by atoms with Crippen LogP contribution in [0.15, 0.2) is 30.3 Å². The van der Waals surface area contributed by atoms with E-state index in [1.54, 1.807) is 23.1 Å². The molecule has 0 radical (unpaired) electrons. The molecule has 3 aromatic rings. The summed E-state index contributed by atoms with van der Waals surface area (Å²) in [6.07, 6.45) is 6.83. The molecule has 0 spiro atoms. The number of benzene rings is 1. The molecule has 0 bridgehead atoms. The molecule has 0 unspecified atom stereocenters. The van der Waals surface area contributed by atoms with Crippen LogP contribution in [0.25, 0.3) is 11.5 Å². The summed E-state index contributed by atoms with van der Waals surface area (Å²) in [5, 5.41) is 11.3. The Labute approximate surface area is 214 Å². The molecule has 0 atom stereocenters. The van der Waals surface area contributed by atoms with Crippen LogP contribution in [0.1, 0.15) is 59.4 Å². The molecule has 192 valence electrons. The first-order chi connectivity index (χ1) is 18.1. The number of anilines is 1. The lowest BCUT2D eigenvalue weighted by Crippen LogP contribution is -2.47. The van der Waals surface area contributed by atoms with Crippen LogP contribution >= 0.6 is 0 Å². The van der Waals surface area contributed by atoms with Crippen molar-refractivity contribution in [2.24, 2.45) is 0 Å². The third-order valence-corrected chi connectivity index (χ3v) is 7.52. The summed E-state index contributed by atoms with van der Waals surface area (Å²) in [5.74, 6) is 0.780. The topological polar surface area (TPSA) is 96.2 Å². The van der Waals surface area contributed by atoms with Gasteiger partial charge in [-0.15, -0.1) is 10.2 Å². The minimum atomic E-state index is -0.576. The van der Waals surface area contributed by atoms with Gasteiger partial charge in [0.05, 0.1) is 5.56 Å². The number of likely N-dealkylation sites (tertiary alicyclic amines) is 1. The first-order valence-corrected chi connectivity index (χ1v) is 13.1. The Bertz CT molecular complexity index is 1350. The van der Waals surface area contributed by atoms with Gasteiger partial charge in [-0.3, -0.25) is 4.79 Å². The van der Waals surface area contributed by atoms with E-state index in [4.69, 9.17) is 0 Å². The summed E-state index contributed by atoms with van der Waals surface area (Å²) >= 11 is 0. The van der Waals surface area contributed by atoms with Crippen molar-refractivity contribution in [1.29, 1.82) is 0 Å². The summed E-state index contributed by atoms with van der Waals surface area (Å²) in [7, 11) is 0. The molecule has 2 aromatic heterocycles. The highest BCUT2D eigenvalue weighted by Gasteiger charge is 2.28. The fourth-order valence-corrected chi connectivity index (χ4v) is 5.51. The summed E-state index contributed by atoms with van der Waals surface area (Å²) < 4.78 is 17.0. The number of hydrogen-bond acceptors (Lipinski definition) is 5. The lowest BCUT2D eigenvalue weighted by atomic mass is 9.96. The van der Waals surface area contributed by atoms with Crippen LogP contribution in [0.5, 0.6) is 0 Å². The Morgan fingerprint density at radius 3 is 2.57 bits per heavy atom. The molecule has 10 heteroatoms. The van der Waals surface area contributed by atoms with Gasteiger partial charge in [-0.25, -0.2) is 14.2 Å². The predicted molar refractivity (Wildman–Crippen MR) is 135 cm³/mol. The highest BCUT2D eigenvalue weighted by molar-refractivity contribution is 6.04. The molecule has 0 saturated carbocycles. The molecule has 3 aliphatic heterocycles. The molecular weight excluding hydrogens is 473 g/mol. The highest BCUT2D eigenvalue weighted by atomic mass is 19.1. The van der Waals surface area contributed by atoms with E-state index in [1.165, 1.54) is 6.07 Å². The van der Waals surface area contributed by atoms with Crippen LogP contribution in [-0.4, -0.2) is 61.1 Å². The first kappa shape index (κ1) is 23.6. The second kappa shape index (κ2) is 9.91. The van der Waals surface area contributed by atoms with E-state index in [0.29, 0.717) is 36.8 Å². The summed E-state index contributed by atoms with van der Waals surface area (Å²) in [4.78, 5) is 34.3. The second-order valence-electron chi connectivity index (χ2n) is 10.0. The van der Waals surface area contributed by atoms with Crippen LogP contribution in [0.3, 0.4) is 0 Å². The number of amides is 3. The molecular formula is C27H30FN7O2. The number of piperidine rings is 1. The van der Waals surface area contributed by atoms with E-state index >= 15 is 0 Å². The SMILES string of the molecule is O=C(Nc1cccc(-c2nnc3n2CCCC3)n1)c1cc2c(cc1F)CCN(C(=O)N1CCCCC1)C2. The minimum Gasteiger partial charge on any atom is -0.325 e. The van der Waals surface area contributed by atoms with Gasteiger partial charge in [0.25, 0.3) is 5.91 Å². The van der Waals surface area contributed by atoms with Crippen LogP contribution in [0.2, 0.25) is 0 Å². The van der Waals surface area contributed by atoms with Crippen molar-refractivity contribution in [3.05, 3.63) is 58.7 Å². The number of nitrogens with zero attached hydrogens (tertiary/aromatic N) is 6. The smallest absolute Gasteiger partial charge is 0.320 e. The molecule has 1 aromatic carbocycles.